The average molecular weight is 249 g/mol. The summed E-state index contributed by atoms with van der Waals surface area (Å²) in [7, 11) is 2.12. The monoisotopic (exact) mass is 249 g/mol. The van der Waals surface area contributed by atoms with E-state index in [1.54, 1.807) is 0 Å². The van der Waals surface area contributed by atoms with Gasteiger partial charge in [0.15, 0.2) is 0 Å². The summed E-state index contributed by atoms with van der Waals surface area (Å²) in [6, 6.07) is 6.38. The second kappa shape index (κ2) is 5.80. The molecule has 1 aromatic carbocycles. The maximum atomic E-state index is 5.87. The minimum absolute atomic E-state index is 0.0488. The van der Waals surface area contributed by atoms with Crippen molar-refractivity contribution in [1.82, 2.24) is 10.3 Å². The number of likely N-dealkylation sites (N-methyl/N-ethyl adjacent to an activating group) is 1. The van der Waals surface area contributed by atoms with Crippen LogP contribution in [0.4, 0.5) is 0 Å². The zero-order valence-electron chi connectivity index (χ0n) is 11.4. The molecule has 2 rings (SSSR count). The van der Waals surface area contributed by atoms with E-state index in [1.165, 1.54) is 16.7 Å². The summed E-state index contributed by atoms with van der Waals surface area (Å²) in [6.45, 7) is 6.93. The highest BCUT2D eigenvalue weighted by Crippen LogP contribution is 2.25. The third kappa shape index (κ3) is 2.72. The standard InChI is InChI=1S/C14H23N3O/c1-10-5-4-6-12(11(10)2)14(16-15)13-9-17(3)7-8-18-13/h4-6,13-14,16H,7-9,15H2,1-3H3. The molecule has 1 heterocycles. The molecule has 0 amide bonds. The third-order valence-corrected chi connectivity index (χ3v) is 3.83. The molecule has 2 unspecified atom stereocenters. The SMILES string of the molecule is Cc1cccc(C(NN)C2CN(C)CCO2)c1C. The Hall–Kier alpha value is -0.940. The molecular weight excluding hydrogens is 226 g/mol. The van der Waals surface area contributed by atoms with Crippen LogP contribution in [0.25, 0.3) is 0 Å². The number of aryl methyl sites for hydroxylation is 1. The van der Waals surface area contributed by atoms with Crippen molar-refractivity contribution in [3.8, 4) is 0 Å². The van der Waals surface area contributed by atoms with Crippen LogP contribution in [0.15, 0.2) is 18.2 Å². The van der Waals surface area contributed by atoms with Gasteiger partial charge in [0, 0.05) is 13.1 Å². The topological polar surface area (TPSA) is 50.5 Å². The van der Waals surface area contributed by atoms with Gasteiger partial charge in [0.05, 0.1) is 18.8 Å². The van der Waals surface area contributed by atoms with E-state index in [0.29, 0.717) is 0 Å². The lowest BCUT2D eigenvalue weighted by Gasteiger charge is -2.35. The highest BCUT2D eigenvalue weighted by Gasteiger charge is 2.28. The van der Waals surface area contributed by atoms with Gasteiger partial charge in [-0.25, -0.2) is 0 Å². The van der Waals surface area contributed by atoms with Crippen molar-refractivity contribution in [1.29, 1.82) is 0 Å². The molecule has 0 saturated carbocycles. The van der Waals surface area contributed by atoms with Gasteiger partial charge in [-0.3, -0.25) is 11.3 Å². The van der Waals surface area contributed by atoms with Gasteiger partial charge in [0.25, 0.3) is 0 Å². The predicted octanol–water partition coefficient (Wildman–Crippen LogP) is 1.14. The van der Waals surface area contributed by atoms with E-state index in [9.17, 15) is 0 Å². The molecule has 0 radical (unpaired) electrons. The molecular formula is C14H23N3O. The zero-order valence-corrected chi connectivity index (χ0v) is 11.4. The first-order valence-corrected chi connectivity index (χ1v) is 6.46. The van der Waals surface area contributed by atoms with Crippen LogP contribution < -0.4 is 11.3 Å². The number of nitrogens with two attached hydrogens (primary N) is 1. The van der Waals surface area contributed by atoms with Gasteiger partial charge in [-0.1, -0.05) is 18.2 Å². The van der Waals surface area contributed by atoms with Crippen LogP contribution >= 0.6 is 0 Å². The average Bonchev–Trinajstić information content (AvgIpc) is 2.35. The normalized spacial score (nSPS) is 23.0. The third-order valence-electron chi connectivity index (χ3n) is 3.83. The van der Waals surface area contributed by atoms with Gasteiger partial charge < -0.3 is 9.64 Å². The number of nitrogens with one attached hydrogen (secondary N) is 1. The lowest BCUT2D eigenvalue weighted by atomic mass is 9.94. The Labute approximate surface area is 109 Å². The van der Waals surface area contributed by atoms with Crippen LogP contribution in [0.5, 0.6) is 0 Å². The Bertz CT molecular complexity index is 408. The molecule has 2 atom stereocenters. The number of hydrazine groups is 1. The largest absolute Gasteiger partial charge is 0.374 e. The fourth-order valence-corrected chi connectivity index (χ4v) is 2.52. The van der Waals surface area contributed by atoms with E-state index in [0.717, 1.165) is 19.7 Å². The van der Waals surface area contributed by atoms with E-state index in [1.807, 2.05) is 0 Å². The molecule has 1 aliphatic heterocycles. The van der Waals surface area contributed by atoms with Gasteiger partial charge in [-0.15, -0.1) is 0 Å². The number of nitrogens with zero attached hydrogens (tertiary/aromatic N) is 1. The first kappa shape index (κ1) is 13.5. The summed E-state index contributed by atoms with van der Waals surface area (Å²) < 4.78 is 5.87. The predicted molar refractivity (Wildman–Crippen MR) is 73.2 cm³/mol. The van der Waals surface area contributed by atoms with Crippen molar-refractivity contribution in [2.24, 2.45) is 5.84 Å². The van der Waals surface area contributed by atoms with Crippen LogP contribution in [-0.4, -0.2) is 37.7 Å². The summed E-state index contributed by atoms with van der Waals surface area (Å²) in [5.74, 6) is 5.75. The fourth-order valence-electron chi connectivity index (χ4n) is 2.52. The Kier molecular flexibility index (Phi) is 4.35. The highest BCUT2D eigenvalue weighted by molar-refractivity contribution is 5.36. The molecule has 1 saturated heterocycles. The smallest absolute Gasteiger partial charge is 0.0909 e. The highest BCUT2D eigenvalue weighted by atomic mass is 16.5. The molecule has 0 spiro atoms. The molecule has 4 heteroatoms. The van der Waals surface area contributed by atoms with Crippen molar-refractivity contribution in [2.45, 2.75) is 26.0 Å². The zero-order chi connectivity index (χ0) is 13.1. The van der Waals surface area contributed by atoms with E-state index < -0.39 is 0 Å². The maximum absolute atomic E-state index is 5.87. The molecule has 0 bridgehead atoms. The molecule has 0 aliphatic carbocycles. The van der Waals surface area contributed by atoms with Gasteiger partial charge in [-0.05, 0) is 37.6 Å². The number of hydrogen-bond acceptors (Lipinski definition) is 4. The summed E-state index contributed by atoms with van der Waals surface area (Å²) in [4.78, 5) is 2.28. The number of rotatable bonds is 3. The number of hydrogen-bond donors (Lipinski definition) is 2. The Morgan fingerprint density at radius 3 is 2.89 bits per heavy atom. The van der Waals surface area contributed by atoms with E-state index in [2.05, 4.69) is 49.4 Å². The van der Waals surface area contributed by atoms with E-state index in [-0.39, 0.29) is 12.1 Å². The fraction of sp³-hybridized carbons (Fsp3) is 0.571. The number of benzene rings is 1. The van der Waals surface area contributed by atoms with Crippen molar-refractivity contribution < 1.29 is 4.74 Å². The van der Waals surface area contributed by atoms with Crippen molar-refractivity contribution in [3.05, 3.63) is 34.9 Å². The van der Waals surface area contributed by atoms with Gasteiger partial charge in [-0.2, -0.15) is 0 Å². The summed E-state index contributed by atoms with van der Waals surface area (Å²) >= 11 is 0. The number of morpholine rings is 1. The quantitative estimate of drug-likeness (QED) is 0.623. The summed E-state index contributed by atoms with van der Waals surface area (Å²) in [5.41, 5.74) is 6.74. The second-order valence-electron chi connectivity index (χ2n) is 5.10. The van der Waals surface area contributed by atoms with Crippen LogP contribution in [0.3, 0.4) is 0 Å². The lowest BCUT2D eigenvalue weighted by molar-refractivity contribution is -0.0394. The van der Waals surface area contributed by atoms with Crippen LogP contribution in [0, 0.1) is 13.8 Å². The molecule has 4 nitrogen and oxygen atoms in total. The summed E-state index contributed by atoms with van der Waals surface area (Å²) in [6.07, 6.45) is 0.106. The minimum Gasteiger partial charge on any atom is -0.374 e. The van der Waals surface area contributed by atoms with Crippen molar-refractivity contribution in [3.63, 3.8) is 0 Å². The molecule has 1 aliphatic rings. The second-order valence-corrected chi connectivity index (χ2v) is 5.10. The maximum Gasteiger partial charge on any atom is 0.0909 e. The first-order valence-electron chi connectivity index (χ1n) is 6.46. The Morgan fingerprint density at radius 1 is 1.44 bits per heavy atom. The van der Waals surface area contributed by atoms with E-state index >= 15 is 0 Å². The first-order chi connectivity index (χ1) is 8.63. The lowest BCUT2D eigenvalue weighted by Crippen LogP contribution is -2.48. The molecule has 1 aromatic rings. The number of ether oxygens (including phenoxy) is 1. The molecule has 100 valence electrons. The van der Waals surface area contributed by atoms with E-state index in [4.69, 9.17) is 10.6 Å². The Morgan fingerprint density at radius 2 is 2.22 bits per heavy atom. The van der Waals surface area contributed by atoms with Gasteiger partial charge in [0.2, 0.25) is 0 Å². The van der Waals surface area contributed by atoms with Crippen LogP contribution in [-0.2, 0) is 4.74 Å². The van der Waals surface area contributed by atoms with Gasteiger partial charge in [0.1, 0.15) is 0 Å². The van der Waals surface area contributed by atoms with Gasteiger partial charge >= 0.3 is 0 Å². The van der Waals surface area contributed by atoms with Crippen molar-refractivity contribution >= 4 is 0 Å². The molecule has 1 fully saturated rings. The Balaban J connectivity index is 2.24. The molecule has 0 aromatic heterocycles. The van der Waals surface area contributed by atoms with Crippen LogP contribution in [0.2, 0.25) is 0 Å². The summed E-state index contributed by atoms with van der Waals surface area (Å²) in [5, 5.41) is 0. The van der Waals surface area contributed by atoms with Crippen molar-refractivity contribution in [2.75, 3.05) is 26.7 Å². The minimum atomic E-state index is 0.0488. The molecule has 3 N–H and O–H groups in total. The van der Waals surface area contributed by atoms with Crippen LogP contribution in [0.1, 0.15) is 22.7 Å². The molecule has 18 heavy (non-hydrogen) atoms.